The van der Waals surface area contributed by atoms with E-state index in [9.17, 15) is 4.79 Å². The van der Waals surface area contributed by atoms with Crippen molar-refractivity contribution in [3.05, 3.63) is 18.2 Å². The van der Waals surface area contributed by atoms with Gasteiger partial charge in [-0.25, -0.2) is 4.98 Å². The highest BCUT2D eigenvalue weighted by atomic mass is 16.3. The lowest BCUT2D eigenvalue weighted by molar-refractivity contribution is -0.125. The third-order valence-electron chi connectivity index (χ3n) is 2.57. The minimum absolute atomic E-state index is 0.105. The second-order valence-corrected chi connectivity index (χ2v) is 5.43. The molecular formula is C12H22N4O2. The maximum absolute atomic E-state index is 12.1. The summed E-state index contributed by atoms with van der Waals surface area (Å²) in [6.07, 6.45) is 3.12. The first kappa shape index (κ1) is 14.7. The fourth-order valence-electron chi connectivity index (χ4n) is 1.62. The van der Waals surface area contributed by atoms with Crippen molar-refractivity contribution >= 4 is 5.91 Å². The van der Waals surface area contributed by atoms with Gasteiger partial charge in [-0.2, -0.15) is 0 Å². The van der Waals surface area contributed by atoms with Crippen LogP contribution in [0.5, 0.6) is 0 Å². The summed E-state index contributed by atoms with van der Waals surface area (Å²) in [4.78, 5) is 16.0. The Hall–Kier alpha value is -1.40. The minimum atomic E-state index is -0.530. The summed E-state index contributed by atoms with van der Waals surface area (Å²) in [5, 5.41) is 12.0. The van der Waals surface area contributed by atoms with Gasteiger partial charge in [-0.05, 0) is 27.7 Å². The zero-order valence-corrected chi connectivity index (χ0v) is 11.3. The average molecular weight is 254 g/mol. The van der Waals surface area contributed by atoms with Gasteiger partial charge in [0.15, 0.2) is 0 Å². The molecule has 0 saturated carbocycles. The molecule has 1 aromatic rings. The molecule has 6 heteroatoms. The van der Waals surface area contributed by atoms with Gasteiger partial charge in [0.25, 0.3) is 0 Å². The van der Waals surface area contributed by atoms with Crippen molar-refractivity contribution in [2.75, 3.05) is 6.61 Å². The number of imidazole rings is 1. The van der Waals surface area contributed by atoms with Crippen LogP contribution in [0.4, 0.5) is 0 Å². The molecule has 0 aromatic carbocycles. The van der Waals surface area contributed by atoms with E-state index in [0.717, 1.165) is 0 Å². The molecule has 1 aromatic heterocycles. The van der Waals surface area contributed by atoms with Crippen LogP contribution < -0.4 is 11.1 Å². The average Bonchev–Trinajstić information content (AvgIpc) is 2.73. The highest BCUT2D eigenvalue weighted by Gasteiger charge is 2.23. The number of carbonyl (C=O) groups is 1. The number of nitrogens with one attached hydrogen (secondary N) is 1. The molecule has 0 bridgehead atoms. The molecular weight excluding hydrogens is 232 g/mol. The van der Waals surface area contributed by atoms with Gasteiger partial charge in [0.2, 0.25) is 5.91 Å². The maximum atomic E-state index is 12.1. The molecule has 6 nitrogen and oxygen atoms in total. The molecule has 2 atom stereocenters. The van der Waals surface area contributed by atoms with Gasteiger partial charge >= 0.3 is 0 Å². The predicted molar refractivity (Wildman–Crippen MR) is 68.8 cm³/mol. The van der Waals surface area contributed by atoms with Crippen LogP contribution in [0.25, 0.3) is 0 Å². The zero-order chi connectivity index (χ0) is 13.9. The van der Waals surface area contributed by atoms with E-state index in [4.69, 9.17) is 10.8 Å². The minimum Gasteiger partial charge on any atom is -0.394 e. The van der Waals surface area contributed by atoms with Crippen molar-refractivity contribution in [2.24, 2.45) is 5.73 Å². The number of aromatic nitrogens is 2. The number of aliphatic hydroxyl groups excluding tert-OH is 1. The molecule has 0 aliphatic heterocycles. The normalized spacial score (nSPS) is 15.2. The van der Waals surface area contributed by atoms with E-state index in [-0.39, 0.29) is 18.1 Å². The van der Waals surface area contributed by atoms with Crippen LogP contribution in [-0.2, 0) is 4.79 Å². The quantitative estimate of drug-likeness (QED) is 0.723. The van der Waals surface area contributed by atoms with E-state index in [2.05, 4.69) is 10.3 Å². The summed E-state index contributed by atoms with van der Waals surface area (Å²) in [7, 11) is 0. The maximum Gasteiger partial charge on any atom is 0.243 e. The first-order valence-electron chi connectivity index (χ1n) is 5.96. The van der Waals surface area contributed by atoms with Crippen molar-refractivity contribution < 1.29 is 9.90 Å². The first-order chi connectivity index (χ1) is 8.26. The number of hydrogen-bond donors (Lipinski definition) is 3. The molecule has 2 unspecified atom stereocenters. The standard InChI is InChI=1S/C12H22N4O2/c1-8(11(18)15-12(2,3)4)16-7-14-5-10(16)9(13)6-17/h5,7-9,17H,6,13H2,1-4H3,(H,15,18). The van der Waals surface area contributed by atoms with Gasteiger partial charge in [0, 0.05) is 11.7 Å². The summed E-state index contributed by atoms with van der Waals surface area (Å²) < 4.78 is 1.68. The number of carbonyl (C=O) groups excluding carboxylic acids is 1. The van der Waals surface area contributed by atoms with Gasteiger partial charge in [-0.15, -0.1) is 0 Å². The van der Waals surface area contributed by atoms with E-state index in [1.807, 2.05) is 20.8 Å². The third-order valence-corrected chi connectivity index (χ3v) is 2.57. The number of amides is 1. The molecule has 0 fully saturated rings. The molecule has 0 radical (unpaired) electrons. The highest BCUT2D eigenvalue weighted by Crippen LogP contribution is 2.16. The van der Waals surface area contributed by atoms with Crippen LogP contribution in [0, 0.1) is 0 Å². The zero-order valence-electron chi connectivity index (χ0n) is 11.3. The van der Waals surface area contributed by atoms with E-state index in [1.165, 1.54) is 0 Å². The van der Waals surface area contributed by atoms with Gasteiger partial charge in [-0.1, -0.05) is 0 Å². The molecule has 0 saturated heterocycles. The van der Waals surface area contributed by atoms with E-state index >= 15 is 0 Å². The number of hydrogen-bond acceptors (Lipinski definition) is 4. The molecule has 0 aliphatic carbocycles. The summed E-state index contributed by atoms with van der Waals surface area (Å²) in [5.41, 5.74) is 6.12. The van der Waals surface area contributed by atoms with Crippen molar-refractivity contribution in [3.8, 4) is 0 Å². The molecule has 1 rings (SSSR count). The van der Waals surface area contributed by atoms with Crippen LogP contribution >= 0.6 is 0 Å². The van der Waals surface area contributed by atoms with Crippen LogP contribution in [0.15, 0.2) is 12.5 Å². The Morgan fingerprint density at radius 1 is 1.61 bits per heavy atom. The van der Waals surface area contributed by atoms with Crippen molar-refractivity contribution in [1.29, 1.82) is 0 Å². The van der Waals surface area contributed by atoms with Gasteiger partial charge in [-0.3, -0.25) is 4.79 Å². The first-order valence-corrected chi connectivity index (χ1v) is 5.96. The molecule has 0 aliphatic rings. The van der Waals surface area contributed by atoms with Crippen LogP contribution in [0.2, 0.25) is 0 Å². The Kier molecular flexibility index (Phi) is 4.48. The molecule has 4 N–H and O–H groups in total. The smallest absolute Gasteiger partial charge is 0.243 e. The van der Waals surface area contributed by atoms with E-state index in [1.54, 1.807) is 24.0 Å². The van der Waals surface area contributed by atoms with Crippen LogP contribution in [-0.4, -0.2) is 32.7 Å². The molecule has 1 amide bonds. The predicted octanol–water partition coefficient (Wildman–Crippen LogP) is 0.351. The molecule has 1 heterocycles. The molecule has 18 heavy (non-hydrogen) atoms. The van der Waals surface area contributed by atoms with Gasteiger partial charge in [0.05, 0.1) is 24.7 Å². The summed E-state index contributed by atoms with van der Waals surface area (Å²) in [5.74, 6) is -0.105. The fourth-order valence-corrected chi connectivity index (χ4v) is 1.62. The molecule has 0 spiro atoms. The van der Waals surface area contributed by atoms with Crippen molar-refractivity contribution in [2.45, 2.75) is 45.3 Å². The van der Waals surface area contributed by atoms with Crippen LogP contribution in [0.1, 0.15) is 45.5 Å². The lowest BCUT2D eigenvalue weighted by atomic mass is 10.1. The van der Waals surface area contributed by atoms with E-state index in [0.29, 0.717) is 5.69 Å². The van der Waals surface area contributed by atoms with Crippen molar-refractivity contribution in [1.82, 2.24) is 14.9 Å². The van der Waals surface area contributed by atoms with Gasteiger partial charge in [0.1, 0.15) is 6.04 Å². The third kappa shape index (κ3) is 3.54. The summed E-state index contributed by atoms with van der Waals surface area (Å²) in [6.45, 7) is 7.36. The Morgan fingerprint density at radius 2 is 2.22 bits per heavy atom. The Labute approximate surface area is 107 Å². The highest BCUT2D eigenvalue weighted by molar-refractivity contribution is 5.80. The number of rotatable bonds is 4. The number of nitrogens with two attached hydrogens (primary N) is 1. The SMILES string of the molecule is CC(C(=O)NC(C)(C)C)n1cncc1C(N)CO. The lowest BCUT2D eigenvalue weighted by Crippen LogP contribution is -2.44. The topological polar surface area (TPSA) is 93.2 Å². The Balaban J connectivity index is 2.87. The largest absolute Gasteiger partial charge is 0.394 e. The van der Waals surface area contributed by atoms with Gasteiger partial charge < -0.3 is 20.7 Å². The summed E-state index contributed by atoms with van der Waals surface area (Å²) in [6, 6.07) is -0.947. The van der Waals surface area contributed by atoms with Crippen molar-refractivity contribution in [3.63, 3.8) is 0 Å². The molecule has 102 valence electrons. The monoisotopic (exact) mass is 254 g/mol. The lowest BCUT2D eigenvalue weighted by Gasteiger charge is -2.25. The second-order valence-electron chi connectivity index (χ2n) is 5.43. The second kappa shape index (κ2) is 5.49. The Bertz CT molecular complexity index is 408. The fraction of sp³-hybridized carbons (Fsp3) is 0.667. The van der Waals surface area contributed by atoms with Crippen LogP contribution in [0.3, 0.4) is 0 Å². The Morgan fingerprint density at radius 3 is 2.72 bits per heavy atom. The number of nitrogens with zero attached hydrogens (tertiary/aromatic N) is 2. The summed E-state index contributed by atoms with van der Waals surface area (Å²) >= 11 is 0. The van der Waals surface area contributed by atoms with E-state index < -0.39 is 12.1 Å². The number of aliphatic hydroxyl groups is 1.